The van der Waals surface area contributed by atoms with Crippen LogP contribution in [0, 0.1) is 0 Å². The van der Waals surface area contributed by atoms with Crippen LogP contribution in [0.25, 0.3) is 0 Å². The molecule has 0 saturated carbocycles. The largest absolute Gasteiger partial charge is 0.465 e. The van der Waals surface area contributed by atoms with E-state index < -0.39 is 21.3 Å². The molecular formula is C7H13NO4S. The second kappa shape index (κ2) is 3.53. The number of likely N-dealkylation sites (tertiary alicyclic amines) is 1. The first-order valence-electron chi connectivity index (χ1n) is 4.11. The molecule has 0 aromatic heterocycles. The number of piperidine rings is 1. The summed E-state index contributed by atoms with van der Waals surface area (Å²) in [6.07, 6.45) is 1.89. The highest BCUT2D eigenvalue weighted by atomic mass is 32.2. The van der Waals surface area contributed by atoms with Gasteiger partial charge in [0.15, 0.2) is 9.84 Å². The molecule has 0 spiro atoms. The van der Waals surface area contributed by atoms with Crippen molar-refractivity contribution >= 4 is 15.9 Å². The van der Waals surface area contributed by atoms with Crippen molar-refractivity contribution in [3.63, 3.8) is 0 Å². The highest BCUT2D eigenvalue weighted by molar-refractivity contribution is 7.91. The van der Waals surface area contributed by atoms with Crippen LogP contribution in [0.1, 0.15) is 19.3 Å². The third-order valence-corrected chi connectivity index (χ3v) is 3.67. The number of hydrogen-bond donors (Lipinski definition) is 1. The number of amides is 1. The molecule has 1 amide bonds. The van der Waals surface area contributed by atoms with E-state index in [1.54, 1.807) is 0 Å². The Morgan fingerprint density at radius 1 is 1.46 bits per heavy atom. The monoisotopic (exact) mass is 207 g/mol. The minimum absolute atomic E-state index is 0.326. The Bertz CT molecular complexity index is 298. The van der Waals surface area contributed by atoms with Gasteiger partial charge in [0.1, 0.15) is 5.37 Å². The first-order valence-corrected chi connectivity index (χ1v) is 6.07. The van der Waals surface area contributed by atoms with Gasteiger partial charge < -0.3 is 5.11 Å². The van der Waals surface area contributed by atoms with E-state index >= 15 is 0 Å². The Morgan fingerprint density at radius 3 is 2.46 bits per heavy atom. The average Bonchev–Trinajstić information content (AvgIpc) is 2.03. The zero-order chi connectivity index (χ0) is 10.1. The van der Waals surface area contributed by atoms with Crippen molar-refractivity contribution in [2.24, 2.45) is 0 Å². The van der Waals surface area contributed by atoms with Crippen LogP contribution < -0.4 is 0 Å². The Labute approximate surface area is 77.3 Å². The molecule has 13 heavy (non-hydrogen) atoms. The van der Waals surface area contributed by atoms with Crippen LogP contribution in [-0.2, 0) is 9.84 Å². The standard InChI is InChI=1S/C7H13NO4S/c1-13(11,12)6-4-2-3-5-8(6)7(9)10/h6H,2-5H2,1H3,(H,9,10). The van der Waals surface area contributed by atoms with Gasteiger partial charge in [0.25, 0.3) is 0 Å². The van der Waals surface area contributed by atoms with Gasteiger partial charge in [-0.3, -0.25) is 4.90 Å². The minimum atomic E-state index is -3.27. The van der Waals surface area contributed by atoms with Crippen molar-refractivity contribution in [2.45, 2.75) is 24.6 Å². The summed E-state index contributed by atoms with van der Waals surface area (Å²) in [5.74, 6) is 0. The molecule has 1 fully saturated rings. The van der Waals surface area contributed by atoms with Crippen LogP contribution in [0.5, 0.6) is 0 Å². The van der Waals surface area contributed by atoms with Crippen LogP contribution in [0.2, 0.25) is 0 Å². The maximum Gasteiger partial charge on any atom is 0.408 e. The molecule has 1 aliphatic heterocycles. The van der Waals surface area contributed by atoms with Crippen LogP contribution in [0.4, 0.5) is 4.79 Å². The average molecular weight is 207 g/mol. The van der Waals surface area contributed by atoms with Crippen molar-refractivity contribution in [3.8, 4) is 0 Å². The topological polar surface area (TPSA) is 74.7 Å². The highest BCUT2D eigenvalue weighted by Gasteiger charge is 2.33. The second-order valence-corrected chi connectivity index (χ2v) is 5.46. The molecule has 0 radical (unpaired) electrons. The fraction of sp³-hybridized carbons (Fsp3) is 0.857. The normalized spacial score (nSPS) is 24.4. The number of rotatable bonds is 1. The van der Waals surface area contributed by atoms with Gasteiger partial charge in [0.05, 0.1) is 0 Å². The summed E-state index contributed by atoms with van der Waals surface area (Å²) in [4.78, 5) is 11.7. The Hall–Kier alpha value is -0.780. The summed E-state index contributed by atoms with van der Waals surface area (Å²) in [6, 6.07) is 0. The molecule has 1 rings (SSSR count). The summed E-state index contributed by atoms with van der Waals surface area (Å²) in [6.45, 7) is 0.326. The van der Waals surface area contributed by atoms with E-state index in [1.165, 1.54) is 0 Å². The molecule has 1 unspecified atom stereocenters. The number of carbonyl (C=O) groups is 1. The van der Waals surface area contributed by atoms with Gasteiger partial charge in [-0.15, -0.1) is 0 Å². The Morgan fingerprint density at radius 2 is 2.08 bits per heavy atom. The SMILES string of the molecule is CS(=O)(=O)C1CCCCN1C(=O)O. The number of hydrogen-bond acceptors (Lipinski definition) is 3. The molecule has 1 atom stereocenters. The van der Waals surface area contributed by atoms with Crippen molar-refractivity contribution in [3.05, 3.63) is 0 Å². The summed E-state index contributed by atoms with van der Waals surface area (Å²) < 4.78 is 22.4. The molecule has 0 aromatic carbocycles. The van der Waals surface area contributed by atoms with Gasteiger partial charge in [-0.25, -0.2) is 13.2 Å². The highest BCUT2D eigenvalue weighted by Crippen LogP contribution is 2.20. The molecule has 5 nitrogen and oxygen atoms in total. The van der Waals surface area contributed by atoms with E-state index in [9.17, 15) is 13.2 Å². The van der Waals surface area contributed by atoms with Crippen molar-refractivity contribution < 1.29 is 18.3 Å². The molecule has 1 N–H and O–H groups in total. The molecule has 0 aromatic rings. The Kier molecular flexibility index (Phi) is 2.80. The zero-order valence-corrected chi connectivity index (χ0v) is 8.25. The minimum Gasteiger partial charge on any atom is -0.465 e. The smallest absolute Gasteiger partial charge is 0.408 e. The van der Waals surface area contributed by atoms with E-state index in [1.807, 2.05) is 0 Å². The van der Waals surface area contributed by atoms with E-state index in [2.05, 4.69) is 0 Å². The summed E-state index contributed by atoms with van der Waals surface area (Å²) in [7, 11) is -3.27. The van der Waals surface area contributed by atoms with Crippen LogP contribution in [0.3, 0.4) is 0 Å². The maximum atomic E-state index is 11.2. The maximum absolute atomic E-state index is 11.2. The second-order valence-electron chi connectivity index (χ2n) is 3.26. The van der Waals surface area contributed by atoms with Crippen molar-refractivity contribution in [1.29, 1.82) is 0 Å². The van der Waals surface area contributed by atoms with E-state index in [-0.39, 0.29) is 0 Å². The van der Waals surface area contributed by atoms with Gasteiger partial charge in [-0.05, 0) is 19.3 Å². The molecule has 1 heterocycles. The Balaban J connectivity index is 2.86. The van der Waals surface area contributed by atoms with E-state index in [0.29, 0.717) is 13.0 Å². The number of carboxylic acid groups (broad SMARTS) is 1. The predicted molar refractivity (Wildman–Crippen MR) is 47.2 cm³/mol. The fourth-order valence-electron chi connectivity index (χ4n) is 1.56. The van der Waals surface area contributed by atoms with Crippen LogP contribution in [0.15, 0.2) is 0 Å². The molecule has 76 valence electrons. The number of nitrogens with zero attached hydrogens (tertiary/aromatic N) is 1. The first-order chi connectivity index (χ1) is 5.93. The van der Waals surface area contributed by atoms with Gasteiger partial charge in [0.2, 0.25) is 0 Å². The fourth-order valence-corrected chi connectivity index (χ4v) is 2.82. The van der Waals surface area contributed by atoms with E-state index in [0.717, 1.165) is 24.0 Å². The molecule has 1 saturated heterocycles. The molecule has 0 bridgehead atoms. The number of sulfone groups is 1. The predicted octanol–water partition coefficient (Wildman–Crippen LogP) is 0.521. The van der Waals surface area contributed by atoms with E-state index in [4.69, 9.17) is 5.11 Å². The lowest BCUT2D eigenvalue weighted by atomic mass is 10.1. The van der Waals surface area contributed by atoms with Gasteiger partial charge in [0, 0.05) is 12.8 Å². The molecular weight excluding hydrogens is 194 g/mol. The van der Waals surface area contributed by atoms with Gasteiger partial charge >= 0.3 is 6.09 Å². The summed E-state index contributed by atoms with van der Waals surface area (Å²) in [5, 5.41) is 7.90. The van der Waals surface area contributed by atoms with Crippen molar-refractivity contribution in [2.75, 3.05) is 12.8 Å². The lowest BCUT2D eigenvalue weighted by molar-refractivity contribution is 0.126. The quantitative estimate of drug-likeness (QED) is 0.680. The third-order valence-electron chi connectivity index (χ3n) is 2.19. The lowest BCUT2D eigenvalue weighted by Gasteiger charge is -2.31. The van der Waals surface area contributed by atoms with Crippen LogP contribution >= 0.6 is 0 Å². The zero-order valence-electron chi connectivity index (χ0n) is 7.43. The summed E-state index contributed by atoms with van der Waals surface area (Å²) >= 11 is 0. The van der Waals surface area contributed by atoms with Crippen LogP contribution in [-0.4, -0.2) is 42.7 Å². The van der Waals surface area contributed by atoms with Crippen molar-refractivity contribution in [1.82, 2.24) is 4.90 Å². The molecule has 6 heteroatoms. The third kappa shape index (κ3) is 2.33. The molecule has 0 aliphatic carbocycles. The van der Waals surface area contributed by atoms with Gasteiger partial charge in [-0.2, -0.15) is 0 Å². The molecule has 1 aliphatic rings. The van der Waals surface area contributed by atoms with Gasteiger partial charge in [-0.1, -0.05) is 0 Å². The first kappa shape index (κ1) is 10.3. The lowest BCUT2D eigenvalue weighted by Crippen LogP contribution is -2.46. The summed E-state index contributed by atoms with van der Waals surface area (Å²) in [5.41, 5.74) is 0.